The van der Waals surface area contributed by atoms with Gasteiger partial charge in [-0.1, -0.05) is 25.0 Å². The first-order valence-electron chi connectivity index (χ1n) is 10.9. The van der Waals surface area contributed by atoms with Crippen molar-refractivity contribution in [2.24, 2.45) is 5.73 Å². The lowest BCUT2D eigenvalue weighted by molar-refractivity contribution is -0.142. The third-order valence-corrected chi connectivity index (χ3v) is 7.21. The van der Waals surface area contributed by atoms with Crippen LogP contribution in [0, 0.1) is 0 Å². The molecule has 9 nitrogen and oxygen atoms in total. The van der Waals surface area contributed by atoms with Crippen LogP contribution in [-0.2, 0) is 24.3 Å². The number of carbonyl (C=O) groups excluding carboxylic acids is 3. The average Bonchev–Trinajstić information content (AvgIpc) is 3.12. The van der Waals surface area contributed by atoms with Crippen LogP contribution >= 0.6 is 0 Å². The van der Waals surface area contributed by atoms with Crippen molar-refractivity contribution in [1.82, 2.24) is 4.31 Å². The highest BCUT2D eigenvalue weighted by Crippen LogP contribution is 2.21. The number of carbonyl (C=O) groups is 3. The van der Waals surface area contributed by atoms with E-state index in [4.69, 9.17) is 10.5 Å². The van der Waals surface area contributed by atoms with Crippen LogP contribution in [0.3, 0.4) is 0 Å². The predicted molar refractivity (Wildman–Crippen MR) is 127 cm³/mol. The topological polar surface area (TPSA) is 136 Å². The third kappa shape index (κ3) is 7.00. The number of nitrogens with two attached hydrogens (primary N) is 1. The fourth-order valence-corrected chi connectivity index (χ4v) is 4.96. The lowest BCUT2D eigenvalue weighted by atomic mass is 10.2. The third-order valence-electron chi connectivity index (χ3n) is 5.29. The number of rotatable bonds is 8. The first-order valence-corrected chi connectivity index (χ1v) is 12.3. The maximum absolute atomic E-state index is 12.8. The second-order valence-corrected chi connectivity index (χ2v) is 9.76. The summed E-state index contributed by atoms with van der Waals surface area (Å²) in [7, 11) is -3.53. The molecule has 3 N–H and O–H groups in total. The Morgan fingerprint density at radius 1 is 0.941 bits per heavy atom. The largest absolute Gasteiger partial charge is 0.452 e. The number of hydrogen-bond donors (Lipinski definition) is 2. The van der Waals surface area contributed by atoms with Crippen LogP contribution < -0.4 is 11.1 Å². The highest BCUT2D eigenvalue weighted by Gasteiger charge is 2.24. The quantitative estimate of drug-likeness (QED) is 0.436. The van der Waals surface area contributed by atoms with Crippen molar-refractivity contribution < 1.29 is 27.5 Å². The van der Waals surface area contributed by atoms with Gasteiger partial charge in [-0.05, 0) is 60.9 Å². The van der Waals surface area contributed by atoms with E-state index in [1.165, 1.54) is 46.8 Å². The lowest BCUT2D eigenvalue weighted by Crippen LogP contribution is -2.31. The van der Waals surface area contributed by atoms with Crippen LogP contribution in [0.2, 0.25) is 0 Å². The first kappa shape index (κ1) is 25.1. The number of anilines is 1. The molecule has 3 rings (SSSR count). The van der Waals surface area contributed by atoms with Crippen molar-refractivity contribution in [3.05, 3.63) is 65.7 Å². The summed E-state index contributed by atoms with van der Waals surface area (Å²) in [5.74, 6) is -1.84. The predicted octanol–water partition coefficient (Wildman–Crippen LogP) is 2.55. The van der Waals surface area contributed by atoms with Gasteiger partial charge in [0.15, 0.2) is 6.61 Å². The molecule has 1 saturated heterocycles. The van der Waals surface area contributed by atoms with E-state index in [1.807, 2.05) is 0 Å². The van der Waals surface area contributed by atoms with Crippen molar-refractivity contribution in [1.29, 1.82) is 0 Å². The lowest BCUT2D eigenvalue weighted by Gasteiger charge is -2.19. The number of hydrogen-bond acceptors (Lipinski definition) is 6. The SMILES string of the molecule is NC(=O)c1ccc(NC(=O)COC(=O)C=Cc2ccc(S(=O)(=O)N3CCCCCC3)cc2)cc1. The molecule has 1 aliphatic heterocycles. The van der Waals surface area contributed by atoms with Crippen molar-refractivity contribution >= 4 is 39.6 Å². The molecule has 0 bridgehead atoms. The Balaban J connectivity index is 1.49. The zero-order valence-electron chi connectivity index (χ0n) is 18.6. The van der Waals surface area contributed by atoms with Gasteiger partial charge in [0.25, 0.3) is 5.91 Å². The Bertz CT molecular complexity index is 1150. The average molecular weight is 486 g/mol. The molecule has 0 aliphatic carbocycles. The van der Waals surface area contributed by atoms with Gasteiger partial charge < -0.3 is 15.8 Å². The van der Waals surface area contributed by atoms with Gasteiger partial charge in [0.05, 0.1) is 4.90 Å². The van der Waals surface area contributed by atoms with Gasteiger partial charge >= 0.3 is 5.97 Å². The van der Waals surface area contributed by atoms with Gasteiger partial charge in [-0.2, -0.15) is 4.31 Å². The summed E-state index contributed by atoms with van der Waals surface area (Å²) in [6, 6.07) is 12.2. The van der Waals surface area contributed by atoms with Gasteiger partial charge in [-0.15, -0.1) is 0 Å². The molecule has 0 radical (unpaired) electrons. The second kappa shape index (κ2) is 11.6. The molecule has 0 aromatic heterocycles. The highest BCUT2D eigenvalue weighted by molar-refractivity contribution is 7.89. The van der Waals surface area contributed by atoms with Gasteiger partial charge in [0.2, 0.25) is 15.9 Å². The van der Waals surface area contributed by atoms with Gasteiger partial charge in [0.1, 0.15) is 0 Å². The van der Waals surface area contributed by atoms with E-state index in [0.29, 0.717) is 29.9 Å². The fraction of sp³-hybridized carbons (Fsp3) is 0.292. The molecule has 34 heavy (non-hydrogen) atoms. The molecule has 0 atom stereocenters. The number of sulfonamides is 1. The van der Waals surface area contributed by atoms with E-state index in [-0.39, 0.29) is 4.90 Å². The number of benzene rings is 2. The van der Waals surface area contributed by atoms with Crippen LogP contribution in [0.15, 0.2) is 59.5 Å². The number of ether oxygens (including phenoxy) is 1. The smallest absolute Gasteiger partial charge is 0.331 e. The Morgan fingerprint density at radius 2 is 1.56 bits per heavy atom. The van der Waals surface area contributed by atoms with Crippen molar-refractivity contribution in [3.8, 4) is 0 Å². The summed E-state index contributed by atoms with van der Waals surface area (Å²) in [5.41, 5.74) is 6.51. The molecule has 1 fully saturated rings. The number of primary amides is 1. The Labute approximate surface area is 198 Å². The molecule has 180 valence electrons. The molecule has 2 amide bonds. The molecule has 0 unspecified atom stereocenters. The van der Waals surface area contributed by atoms with E-state index in [2.05, 4.69) is 5.32 Å². The Morgan fingerprint density at radius 3 is 2.15 bits per heavy atom. The number of nitrogens with one attached hydrogen (secondary N) is 1. The molecule has 0 spiro atoms. The van der Waals surface area contributed by atoms with E-state index in [1.54, 1.807) is 12.1 Å². The monoisotopic (exact) mass is 485 g/mol. The van der Waals surface area contributed by atoms with E-state index < -0.39 is 34.4 Å². The van der Waals surface area contributed by atoms with E-state index in [0.717, 1.165) is 31.8 Å². The molecule has 2 aromatic carbocycles. The van der Waals surface area contributed by atoms with Crippen LogP contribution in [0.4, 0.5) is 5.69 Å². The van der Waals surface area contributed by atoms with Crippen molar-refractivity contribution in [2.45, 2.75) is 30.6 Å². The summed E-state index contributed by atoms with van der Waals surface area (Å²) >= 11 is 0. The minimum absolute atomic E-state index is 0.217. The zero-order valence-corrected chi connectivity index (χ0v) is 19.4. The van der Waals surface area contributed by atoms with Gasteiger partial charge in [-0.3, -0.25) is 9.59 Å². The van der Waals surface area contributed by atoms with E-state index in [9.17, 15) is 22.8 Å². The Kier molecular flexibility index (Phi) is 8.55. The minimum atomic E-state index is -3.53. The summed E-state index contributed by atoms with van der Waals surface area (Å²) < 4.78 is 32.1. The van der Waals surface area contributed by atoms with Crippen LogP contribution in [0.5, 0.6) is 0 Å². The molecule has 2 aromatic rings. The summed E-state index contributed by atoms with van der Waals surface area (Å²) in [5, 5.41) is 2.54. The maximum Gasteiger partial charge on any atom is 0.331 e. The molecule has 10 heteroatoms. The van der Waals surface area contributed by atoms with Crippen LogP contribution in [0.25, 0.3) is 6.08 Å². The van der Waals surface area contributed by atoms with Crippen LogP contribution in [0.1, 0.15) is 41.6 Å². The van der Waals surface area contributed by atoms with Crippen molar-refractivity contribution in [2.75, 3.05) is 25.0 Å². The summed E-state index contributed by atoms with van der Waals surface area (Å²) in [6.07, 6.45) is 6.44. The zero-order chi connectivity index (χ0) is 24.6. The standard InChI is InChI=1S/C24H27N3O6S/c25-24(30)19-8-10-20(11-9-19)26-22(28)17-33-23(29)14-7-18-5-12-21(13-6-18)34(31,32)27-15-3-1-2-4-16-27/h5-14H,1-4,15-17H2,(H2,25,30)(H,26,28). The number of amides is 2. The molecular weight excluding hydrogens is 458 g/mol. The van der Waals surface area contributed by atoms with Gasteiger partial charge in [0, 0.05) is 30.4 Å². The van der Waals surface area contributed by atoms with E-state index >= 15 is 0 Å². The maximum atomic E-state index is 12.8. The first-order chi connectivity index (χ1) is 16.3. The number of esters is 1. The molecule has 1 aliphatic rings. The fourth-order valence-electron chi connectivity index (χ4n) is 3.45. The normalized spacial score (nSPS) is 14.9. The summed E-state index contributed by atoms with van der Waals surface area (Å²) in [4.78, 5) is 35.1. The Hall–Kier alpha value is -3.50. The molecule has 0 saturated carbocycles. The molecule has 1 heterocycles. The van der Waals surface area contributed by atoms with Gasteiger partial charge in [-0.25, -0.2) is 13.2 Å². The number of nitrogens with zero attached hydrogens (tertiary/aromatic N) is 1. The molecular formula is C24H27N3O6S. The minimum Gasteiger partial charge on any atom is -0.452 e. The summed E-state index contributed by atoms with van der Waals surface area (Å²) in [6.45, 7) is 0.567. The second-order valence-electron chi connectivity index (χ2n) is 7.82. The van der Waals surface area contributed by atoms with Crippen LogP contribution in [-0.4, -0.2) is 50.2 Å². The van der Waals surface area contributed by atoms with Crippen molar-refractivity contribution in [3.63, 3.8) is 0 Å². The highest BCUT2D eigenvalue weighted by atomic mass is 32.2.